The van der Waals surface area contributed by atoms with E-state index in [1.165, 1.54) is 24.2 Å². The van der Waals surface area contributed by atoms with Gasteiger partial charge in [-0.1, -0.05) is 6.92 Å². The van der Waals surface area contributed by atoms with Gasteiger partial charge in [-0.2, -0.15) is 0 Å². The first-order valence-electron chi connectivity index (χ1n) is 6.31. The second-order valence-corrected chi connectivity index (χ2v) is 8.09. The molecule has 1 heterocycles. The monoisotopic (exact) mass is 288 g/mol. The summed E-state index contributed by atoms with van der Waals surface area (Å²) in [5.41, 5.74) is 5.46. The Bertz CT molecular complexity index is 492. The Morgan fingerprint density at radius 3 is 2.83 bits per heavy atom. The van der Waals surface area contributed by atoms with Crippen LogP contribution in [0.3, 0.4) is 0 Å². The van der Waals surface area contributed by atoms with Crippen LogP contribution in [0.1, 0.15) is 24.6 Å². The molecule has 18 heavy (non-hydrogen) atoms. The number of rotatable bonds is 7. The molecule has 3 N–H and O–H groups in total. The van der Waals surface area contributed by atoms with E-state index in [1.807, 2.05) is 6.07 Å². The highest BCUT2D eigenvalue weighted by Crippen LogP contribution is 2.36. The van der Waals surface area contributed by atoms with E-state index in [0.717, 1.165) is 11.3 Å². The Morgan fingerprint density at radius 2 is 2.22 bits per heavy atom. The maximum absolute atomic E-state index is 12.1. The molecule has 6 heteroatoms. The van der Waals surface area contributed by atoms with Crippen molar-refractivity contribution in [2.75, 3.05) is 13.1 Å². The highest BCUT2D eigenvalue weighted by atomic mass is 32.2. The quantitative estimate of drug-likeness (QED) is 0.800. The second kappa shape index (κ2) is 5.69. The number of nitrogens with one attached hydrogen (secondary N) is 1. The Labute approximate surface area is 113 Å². The molecule has 0 saturated heterocycles. The SMILES string of the molecule is CC(CNS(=O)(=O)c1ccc(CCN)s1)C1CC1. The van der Waals surface area contributed by atoms with E-state index >= 15 is 0 Å². The Morgan fingerprint density at radius 1 is 1.50 bits per heavy atom. The number of thiophene rings is 1. The van der Waals surface area contributed by atoms with E-state index in [2.05, 4.69) is 11.6 Å². The lowest BCUT2D eigenvalue weighted by atomic mass is 10.1. The van der Waals surface area contributed by atoms with Crippen molar-refractivity contribution >= 4 is 21.4 Å². The summed E-state index contributed by atoms with van der Waals surface area (Å²) in [5, 5.41) is 0. The molecule has 0 bridgehead atoms. The average molecular weight is 288 g/mol. The van der Waals surface area contributed by atoms with E-state index in [9.17, 15) is 8.42 Å². The third-order valence-electron chi connectivity index (χ3n) is 3.31. The Balaban J connectivity index is 1.95. The molecular weight excluding hydrogens is 268 g/mol. The Kier molecular flexibility index (Phi) is 4.42. The molecule has 2 rings (SSSR count). The van der Waals surface area contributed by atoms with E-state index in [1.54, 1.807) is 6.07 Å². The molecule has 1 unspecified atom stereocenters. The standard InChI is InChI=1S/C12H20N2O2S2/c1-9(10-2-3-10)8-14-18(15,16)12-5-4-11(17-12)6-7-13/h4-5,9-10,14H,2-3,6-8,13H2,1H3. The normalized spacial score (nSPS) is 17.9. The first-order chi connectivity index (χ1) is 8.53. The molecule has 1 aliphatic carbocycles. The van der Waals surface area contributed by atoms with E-state index in [0.29, 0.717) is 29.1 Å². The minimum Gasteiger partial charge on any atom is -0.330 e. The largest absolute Gasteiger partial charge is 0.330 e. The minimum absolute atomic E-state index is 0.397. The lowest BCUT2D eigenvalue weighted by molar-refractivity contribution is 0.492. The van der Waals surface area contributed by atoms with Crippen LogP contribution >= 0.6 is 11.3 Å². The summed E-state index contributed by atoms with van der Waals surface area (Å²) in [4.78, 5) is 1.02. The van der Waals surface area contributed by atoms with Crippen molar-refractivity contribution in [2.24, 2.45) is 17.6 Å². The molecular formula is C12H20N2O2S2. The van der Waals surface area contributed by atoms with Gasteiger partial charge in [0.15, 0.2) is 0 Å². The van der Waals surface area contributed by atoms with Crippen molar-refractivity contribution < 1.29 is 8.42 Å². The number of hydrogen-bond donors (Lipinski definition) is 2. The van der Waals surface area contributed by atoms with Crippen molar-refractivity contribution in [3.8, 4) is 0 Å². The number of nitrogens with two attached hydrogens (primary N) is 1. The summed E-state index contributed by atoms with van der Waals surface area (Å²) in [6.07, 6.45) is 3.21. The van der Waals surface area contributed by atoms with Crippen LogP contribution in [0.5, 0.6) is 0 Å². The molecule has 1 aromatic heterocycles. The molecule has 1 saturated carbocycles. The fourth-order valence-corrected chi connectivity index (χ4v) is 4.48. The number of sulfonamides is 1. The van der Waals surface area contributed by atoms with E-state index in [4.69, 9.17) is 5.73 Å². The van der Waals surface area contributed by atoms with Crippen LogP contribution < -0.4 is 10.5 Å². The van der Waals surface area contributed by atoms with Crippen molar-refractivity contribution in [3.05, 3.63) is 17.0 Å². The zero-order chi connectivity index (χ0) is 13.2. The van der Waals surface area contributed by atoms with Gasteiger partial charge >= 0.3 is 0 Å². The fourth-order valence-electron chi connectivity index (χ4n) is 1.92. The molecule has 0 aromatic carbocycles. The average Bonchev–Trinajstić information content (AvgIpc) is 3.07. The molecule has 102 valence electrons. The first-order valence-corrected chi connectivity index (χ1v) is 8.61. The van der Waals surface area contributed by atoms with Crippen LogP contribution in [0.15, 0.2) is 16.3 Å². The maximum atomic E-state index is 12.1. The van der Waals surface area contributed by atoms with Crippen molar-refractivity contribution in [3.63, 3.8) is 0 Å². The van der Waals surface area contributed by atoms with Gasteiger partial charge in [-0.25, -0.2) is 13.1 Å². The van der Waals surface area contributed by atoms with Crippen LogP contribution in [0, 0.1) is 11.8 Å². The van der Waals surface area contributed by atoms with Crippen molar-refractivity contribution in [2.45, 2.75) is 30.4 Å². The van der Waals surface area contributed by atoms with Gasteiger partial charge in [0, 0.05) is 11.4 Å². The van der Waals surface area contributed by atoms with E-state index in [-0.39, 0.29) is 0 Å². The third kappa shape index (κ3) is 3.54. The molecule has 0 radical (unpaired) electrons. The molecule has 1 atom stereocenters. The minimum atomic E-state index is -3.33. The highest BCUT2D eigenvalue weighted by Gasteiger charge is 2.29. The van der Waals surface area contributed by atoms with Crippen LogP contribution in [-0.2, 0) is 16.4 Å². The predicted molar refractivity (Wildman–Crippen MR) is 74.2 cm³/mol. The van der Waals surface area contributed by atoms with Crippen LogP contribution in [0.2, 0.25) is 0 Å². The molecule has 4 nitrogen and oxygen atoms in total. The lowest BCUT2D eigenvalue weighted by Gasteiger charge is -2.10. The van der Waals surface area contributed by atoms with Crippen molar-refractivity contribution in [1.29, 1.82) is 0 Å². The van der Waals surface area contributed by atoms with Crippen LogP contribution in [-0.4, -0.2) is 21.5 Å². The summed E-state index contributed by atoms with van der Waals surface area (Å²) >= 11 is 1.31. The lowest BCUT2D eigenvalue weighted by Crippen LogP contribution is -2.28. The van der Waals surface area contributed by atoms with E-state index < -0.39 is 10.0 Å². The summed E-state index contributed by atoms with van der Waals surface area (Å²) < 4.78 is 27.2. The van der Waals surface area contributed by atoms with Crippen molar-refractivity contribution in [1.82, 2.24) is 4.72 Å². The first kappa shape index (κ1) is 14.0. The van der Waals surface area contributed by atoms with Gasteiger partial charge in [0.25, 0.3) is 0 Å². The van der Waals surface area contributed by atoms with Gasteiger partial charge in [0.05, 0.1) is 0 Å². The smallest absolute Gasteiger partial charge is 0.250 e. The van der Waals surface area contributed by atoms with Crippen LogP contribution in [0.25, 0.3) is 0 Å². The predicted octanol–water partition coefficient (Wildman–Crippen LogP) is 1.57. The zero-order valence-corrected chi connectivity index (χ0v) is 12.2. The number of hydrogen-bond acceptors (Lipinski definition) is 4. The topological polar surface area (TPSA) is 72.2 Å². The second-order valence-electron chi connectivity index (χ2n) is 4.93. The summed E-state index contributed by atoms with van der Waals surface area (Å²) in [5.74, 6) is 1.15. The van der Waals surface area contributed by atoms with Gasteiger partial charge in [-0.15, -0.1) is 11.3 Å². The fraction of sp³-hybridized carbons (Fsp3) is 0.667. The van der Waals surface area contributed by atoms with Crippen LogP contribution in [0.4, 0.5) is 0 Å². The van der Waals surface area contributed by atoms with Gasteiger partial charge in [-0.05, 0) is 49.8 Å². The third-order valence-corrected chi connectivity index (χ3v) is 6.38. The molecule has 0 amide bonds. The molecule has 0 aliphatic heterocycles. The summed E-state index contributed by atoms with van der Waals surface area (Å²) in [6, 6.07) is 3.51. The van der Waals surface area contributed by atoms with Gasteiger partial charge in [0.1, 0.15) is 4.21 Å². The summed E-state index contributed by atoms with van der Waals surface area (Å²) in [7, 11) is -3.33. The van der Waals surface area contributed by atoms with Gasteiger partial charge in [-0.3, -0.25) is 0 Å². The summed E-state index contributed by atoms with van der Waals surface area (Å²) in [6.45, 7) is 3.19. The highest BCUT2D eigenvalue weighted by molar-refractivity contribution is 7.91. The zero-order valence-electron chi connectivity index (χ0n) is 10.6. The van der Waals surface area contributed by atoms with Gasteiger partial charge < -0.3 is 5.73 Å². The molecule has 1 aromatic rings. The van der Waals surface area contributed by atoms with Gasteiger partial charge in [0.2, 0.25) is 10.0 Å². The maximum Gasteiger partial charge on any atom is 0.250 e. The molecule has 0 spiro atoms. The molecule has 1 fully saturated rings. The Hall–Kier alpha value is -0.430. The molecule has 1 aliphatic rings.